The van der Waals surface area contributed by atoms with Crippen molar-refractivity contribution >= 4 is 23.4 Å². The van der Waals surface area contributed by atoms with Crippen LogP contribution in [0.25, 0.3) is 0 Å². The average Bonchev–Trinajstić information content (AvgIpc) is 2.52. The summed E-state index contributed by atoms with van der Waals surface area (Å²) in [5.41, 5.74) is 4.81. The summed E-state index contributed by atoms with van der Waals surface area (Å²) in [4.78, 5) is 23.5. The highest BCUT2D eigenvalue weighted by Crippen LogP contribution is 2.23. The van der Waals surface area contributed by atoms with Crippen LogP contribution in [0.2, 0.25) is 5.02 Å². The summed E-state index contributed by atoms with van der Waals surface area (Å²) in [6.07, 6.45) is 5.10. The SMILES string of the molecule is O=C(COc1ccccc1Cl)NNC(=O)C1CCCCC1. The fourth-order valence-electron chi connectivity index (χ4n) is 2.34. The van der Waals surface area contributed by atoms with Crippen molar-refractivity contribution < 1.29 is 14.3 Å². The smallest absolute Gasteiger partial charge is 0.276 e. The lowest BCUT2D eigenvalue weighted by atomic mass is 9.89. The van der Waals surface area contributed by atoms with E-state index in [4.69, 9.17) is 16.3 Å². The molecule has 0 heterocycles. The predicted molar refractivity (Wildman–Crippen MR) is 79.8 cm³/mol. The fourth-order valence-corrected chi connectivity index (χ4v) is 2.53. The van der Waals surface area contributed by atoms with E-state index in [0.717, 1.165) is 25.7 Å². The van der Waals surface area contributed by atoms with Crippen LogP contribution >= 0.6 is 11.6 Å². The topological polar surface area (TPSA) is 67.4 Å². The molecule has 0 bridgehead atoms. The number of rotatable bonds is 4. The first-order chi connectivity index (χ1) is 10.2. The first kappa shape index (κ1) is 15.6. The van der Waals surface area contributed by atoms with E-state index >= 15 is 0 Å². The van der Waals surface area contributed by atoms with Gasteiger partial charge in [-0.25, -0.2) is 0 Å². The molecule has 5 nitrogen and oxygen atoms in total. The molecule has 21 heavy (non-hydrogen) atoms. The maximum atomic E-state index is 11.8. The number of hydrogen-bond acceptors (Lipinski definition) is 3. The van der Waals surface area contributed by atoms with Crippen molar-refractivity contribution in [3.05, 3.63) is 29.3 Å². The molecule has 0 unspecified atom stereocenters. The van der Waals surface area contributed by atoms with Crippen LogP contribution < -0.4 is 15.6 Å². The van der Waals surface area contributed by atoms with Crippen molar-refractivity contribution in [3.63, 3.8) is 0 Å². The summed E-state index contributed by atoms with van der Waals surface area (Å²) in [5, 5.41) is 0.441. The monoisotopic (exact) mass is 310 g/mol. The van der Waals surface area contributed by atoms with Gasteiger partial charge in [0, 0.05) is 5.92 Å². The van der Waals surface area contributed by atoms with E-state index in [2.05, 4.69) is 10.9 Å². The second kappa shape index (κ2) is 7.88. The molecule has 1 aromatic carbocycles. The van der Waals surface area contributed by atoms with Crippen molar-refractivity contribution in [1.29, 1.82) is 0 Å². The Morgan fingerprint density at radius 2 is 1.86 bits per heavy atom. The van der Waals surface area contributed by atoms with Crippen molar-refractivity contribution in [2.45, 2.75) is 32.1 Å². The Morgan fingerprint density at radius 3 is 2.57 bits per heavy atom. The normalized spacial score (nSPS) is 15.3. The number of ether oxygens (including phenoxy) is 1. The Morgan fingerprint density at radius 1 is 1.14 bits per heavy atom. The van der Waals surface area contributed by atoms with Gasteiger partial charge in [0.25, 0.3) is 5.91 Å². The Labute approximate surface area is 129 Å². The van der Waals surface area contributed by atoms with Gasteiger partial charge in [0.2, 0.25) is 5.91 Å². The van der Waals surface area contributed by atoms with Gasteiger partial charge in [0.05, 0.1) is 5.02 Å². The summed E-state index contributed by atoms with van der Waals surface area (Å²) >= 11 is 5.91. The van der Waals surface area contributed by atoms with Crippen LogP contribution in [0.3, 0.4) is 0 Å². The zero-order chi connectivity index (χ0) is 15.1. The van der Waals surface area contributed by atoms with Crippen LogP contribution in [-0.4, -0.2) is 18.4 Å². The van der Waals surface area contributed by atoms with Crippen molar-refractivity contribution in [2.75, 3.05) is 6.61 Å². The van der Waals surface area contributed by atoms with Crippen LogP contribution in [0.4, 0.5) is 0 Å². The number of hydrogen-bond donors (Lipinski definition) is 2. The highest BCUT2D eigenvalue weighted by Gasteiger charge is 2.21. The molecular weight excluding hydrogens is 292 g/mol. The van der Waals surface area contributed by atoms with Gasteiger partial charge in [-0.15, -0.1) is 0 Å². The molecule has 6 heteroatoms. The second-order valence-corrected chi connectivity index (χ2v) is 5.50. The van der Waals surface area contributed by atoms with Gasteiger partial charge in [0.1, 0.15) is 5.75 Å². The molecule has 1 aliphatic carbocycles. The van der Waals surface area contributed by atoms with Gasteiger partial charge in [-0.2, -0.15) is 0 Å². The lowest BCUT2D eigenvalue weighted by Crippen LogP contribution is -2.46. The maximum absolute atomic E-state index is 11.8. The highest BCUT2D eigenvalue weighted by atomic mass is 35.5. The van der Waals surface area contributed by atoms with Gasteiger partial charge >= 0.3 is 0 Å². The number of hydrazine groups is 1. The zero-order valence-corrected chi connectivity index (χ0v) is 12.5. The predicted octanol–water partition coefficient (Wildman–Crippen LogP) is 2.45. The molecular formula is C15H19ClN2O3. The number of para-hydroxylation sites is 1. The minimum absolute atomic E-state index is 0.00327. The molecule has 2 amide bonds. The van der Waals surface area contributed by atoms with E-state index in [-0.39, 0.29) is 18.4 Å². The number of halogens is 1. The van der Waals surface area contributed by atoms with Gasteiger partial charge in [0.15, 0.2) is 6.61 Å². The summed E-state index contributed by atoms with van der Waals surface area (Å²) in [6, 6.07) is 6.90. The molecule has 1 aromatic rings. The van der Waals surface area contributed by atoms with Crippen molar-refractivity contribution in [3.8, 4) is 5.75 Å². The first-order valence-electron chi connectivity index (χ1n) is 7.13. The van der Waals surface area contributed by atoms with Crippen LogP contribution in [0, 0.1) is 5.92 Å². The molecule has 0 radical (unpaired) electrons. The quantitative estimate of drug-likeness (QED) is 0.839. The number of carbonyl (C=O) groups excluding carboxylic acids is 2. The minimum atomic E-state index is -0.418. The molecule has 0 aromatic heterocycles. The molecule has 1 fully saturated rings. The second-order valence-electron chi connectivity index (χ2n) is 5.09. The third-order valence-electron chi connectivity index (χ3n) is 3.50. The summed E-state index contributed by atoms with van der Waals surface area (Å²) in [5.74, 6) is -0.101. The van der Waals surface area contributed by atoms with E-state index in [0.29, 0.717) is 10.8 Å². The number of carbonyl (C=O) groups is 2. The average molecular weight is 311 g/mol. The van der Waals surface area contributed by atoms with Gasteiger partial charge < -0.3 is 4.74 Å². The van der Waals surface area contributed by atoms with E-state index in [1.807, 2.05) is 0 Å². The van der Waals surface area contributed by atoms with Crippen LogP contribution in [0.5, 0.6) is 5.75 Å². The molecule has 0 aliphatic heterocycles. The molecule has 0 saturated heterocycles. The molecule has 1 aliphatic rings. The third-order valence-corrected chi connectivity index (χ3v) is 3.81. The van der Waals surface area contributed by atoms with Crippen molar-refractivity contribution in [2.24, 2.45) is 5.92 Å². The Balaban J connectivity index is 1.70. The lowest BCUT2D eigenvalue weighted by molar-refractivity contribution is -0.132. The standard InChI is InChI=1S/C15H19ClN2O3/c16-12-8-4-5-9-13(12)21-10-14(19)17-18-15(20)11-6-2-1-3-7-11/h4-5,8-9,11H,1-3,6-7,10H2,(H,17,19)(H,18,20). The third kappa shape index (κ3) is 4.93. The molecule has 2 rings (SSSR count). The number of amides is 2. The largest absolute Gasteiger partial charge is 0.482 e. The maximum Gasteiger partial charge on any atom is 0.276 e. The first-order valence-corrected chi connectivity index (χ1v) is 7.50. The number of benzene rings is 1. The van der Waals surface area contributed by atoms with Crippen LogP contribution in [-0.2, 0) is 9.59 Å². The molecule has 2 N–H and O–H groups in total. The fraction of sp³-hybridized carbons (Fsp3) is 0.467. The van der Waals surface area contributed by atoms with E-state index in [1.54, 1.807) is 24.3 Å². The van der Waals surface area contributed by atoms with E-state index < -0.39 is 5.91 Å². The van der Waals surface area contributed by atoms with Crippen molar-refractivity contribution in [1.82, 2.24) is 10.9 Å². The minimum Gasteiger partial charge on any atom is -0.482 e. The Kier molecular flexibility index (Phi) is 5.87. The molecule has 1 saturated carbocycles. The van der Waals surface area contributed by atoms with Gasteiger partial charge in [-0.3, -0.25) is 20.4 Å². The molecule has 114 valence electrons. The molecule has 0 spiro atoms. The lowest BCUT2D eigenvalue weighted by Gasteiger charge is -2.20. The summed E-state index contributed by atoms with van der Waals surface area (Å²) in [6.45, 7) is -0.200. The highest BCUT2D eigenvalue weighted by molar-refractivity contribution is 6.32. The van der Waals surface area contributed by atoms with E-state index in [1.165, 1.54) is 6.42 Å². The van der Waals surface area contributed by atoms with E-state index in [9.17, 15) is 9.59 Å². The summed E-state index contributed by atoms with van der Waals surface area (Å²) in [7, 11) is 0. The zero-order valence-electron chi connectivity index (χ0n) is 11.7. The van der Waals surface area contributed by atoms with Crippen LogP contribution in [0.15, 0.2) is 24.3 Å². The summed E-state index contributed by atoms with van der Waals surface area (Å²) < 4.78 is 5.28. The molecule has 0 atom stereocenters. The van der Waals surface area contributed by atoms with Gasteiger partial charge in [-0.05, 0) is 25.0 Å². The Hall–Kier alpha value is -1.75. The van der Waals surface area contributed by atoms with Crippen LogP contribution in [0.1, 0.15) is 32.1 Å². The Bertz CT molecular complexity index is 501. The van der Waals surface area contributed by atoms with Gasteiger partial charge in [-0.1, -0.05) is 43.0 Å². The number of nitrogens with one attached hydrogen (secondary N) is 2.